The fourth-order valence-electron chi connectivity index (χ4n) is 1.82. The van der Waals surface area contributed by atoms with E-state index < -0.39 is 0 Å². The van der Waals surface area contributed by atoms with Gasteiger partial charge < -0.3 is 15.2 Å². The van der Waals surface area contributed by atoms with Gasteiger partial charge in [-0.1, -0.05) is 40.5 Å². The third-order valence-corrected chi connectivity index (χ3v) is 3.44. The molecule has 2 rings (SSSR count). The van der Waals surface area contributed by atoms with Crippen LogP contribution in [0.4, 0.5) is 5.69 Å². The maximum atomic E-state index is 11.7. The lowest BCUT2D eigenvalue weighted by molar-refractivity contribution is -0.120. The molecule has 0 saturated carbocycles. The highest BCUT2D eigenvalue weighted by molar-refractivity contribution is 9.10. The van der Waals surface area contributed by atoms with Crippen molar-refractivity contribution in [2.45, 2.75) is 32.7 Å². The summed E-state index contributed by atoms with van der Waals surface area (Å²) in [6.07, 6.45) is 2.16. The Morgan fingerprint density at radius 1 is 1.41 bits per heavy atom. The van der Waals surface area contributed by atoms with E-state index in [-0.39, 0.29) is 12.3 Å². The highest BCUT2D eigenvalue weighted by Crippen LogP contribution is 2.16. The molecule has 0 bridgehead atoms. The quantitative estimate of drug-likeness (QED) is 0.702. The maximum Gasteiger partial charge on any atom is 0.245 e. The van der Waals surface area contributed by atoms with E-state index >= 15 is 0 Å². The van der Waals surface area contributed by atoms with Crippen LogP contribution in [0.25, 0.3) is 0 Å². The molecule has 7 heteroatoms. The van der Waals surface area contributed by atoms with Crippen LogP contribution in [0.2, 0.25) is 0 Å². The van der Waals surface area contributed by atoms with E-state index in [9.17, 15) is 4.79 Å². The summed E-state index contributed by atoms with van der Waals surface area (Å²) in [6, 6.07) is 7.79. The van der Waals surface area contributed by atoms with Gasteiger partial charge in [0.15, 0.2) is 5.82 Å². The summed E-state index contributed by atoms with van der Waals surface area (Å²) < 4.78 is 6.12. The number of unbranched alkanes of at least 4 members (excludes halogenated alkanes) is 1. The molecule has 1 aromatic heterocycles. The van der Waals surface area contributed by atoms with Gasteiger partial charge in [0.25, 0.3) is 0 Å². The third kappa shape index (κ3) is 5.48. The number of carbonyl (C=O) groups excluding carboxylic acids is 1. The van der Waals surface area contributed by atoms with Crippen molar-refractivity contribution in [1.82, 2.24) is 15.5 Å². The molecule has 1 heterocycles. The molecule has 2 aromatic rings. The maximum absolute atomic E-state index is 11.7. The zero-order chi connectivity index (χ0) is 15.8. The summed E-state index contributed by atoms with van der Waals surface area (Å²) in [5, 5.41) is 9.83. The smallest absolute Gasteiger partial charge is 0.245 e. The zero-order valence-electron chi connectivity index (χ0n) is 12.4. The van der Waals surface area contributed by atoms with Gasteiger partial charge in [0.2, 0.25) is 11.8 Å². The molecule has 1 amide bonds. The number of hydrogen-bond donors (Lipinski definition) is 2. The fourth-order valence-corrected chi connectivity index (χ4v) is 2.22. The van der Waals surface area contributed by atoms with Crippen LogP contribution in [0.15, 0.2) is 33.3 Å². The Morgan fingerprint density at radius 3 is 3.05 bits per heavy atom. The van der Waals surface area contributed by atoms with Gasteiger partial charge in [-0.3, -0.25) is 4.79 Å². The number of nitrogens with zero attached hydrogens (tertiary/aromatic N) is 2. The Bertz CT molecular complexity index is 615. The first kappa shape index (κ1) is 16.5. The summed E-state index contributed by atoms with van der Waals surface area (Å²) >= 11 is 3.41. The van der Waals surface area contributed by atoms with E-state index in [0.29, 0.717) is 24.8 Å². The molecule has 0 saturated heterocycles. The number of halogens is 1. The van der Waals surface area contributed by atoms with Gasteiger partial charge in [0.05, 0.1) is 13.0 Å². The second kappa shape index (κ2) is 8.53. The lowest BCUT2D eigenvalue weighted by Gasteiger charge is -2.03. The Morgan fingerprint density at radius 2 is 2.27 bits per heavy atom. The van der Waals surface area contributed by atoms with Crippen molar-refractivity contribution < 1.29 is 9.32 Å². The number of nitrogens with one attached hydrogen (secondary N) is 2. The second-order valence-electron chi connectivity index (χ2n) is 4.85. The third-order valence-electron chi connectivity index (χ3n) is 2.95. The lowest BCUT2D eigenvalue weighted by atomic mass is 10.3. The first-order chi connectivity index (χ1) is 10.7. The van der Waals surface area contributed by atoms with E-state index in [1.165, 1.54) is 0 Å². The van der Waals surface area contributed by atoms with Gasteiger partial charge >= 0.3 is 0 Å². The predicted molar refractivity (Wildman–Crippen MR) is 87.4 cm³/mol. The SMILES string of the molecule is CCCCNC(=O)Cc1noc(CNc2cccc(Br)c2)n1. The van der Waals surface area contributed by atoms with Crippen LogP contribution >= 0.6 is 15.9 Å². The van der Waals surface area contributed by atoms with Crippen molar-refractivity contribution in [1.29, 1.82) is 0 Å². The van der Waals surface area contributed by atoms with Crippen molar-refractivity contribution in [3.8, 4) is 0 Å². The molecule has 6 nitrogen and oxygen atoms in total. The van der Waals surface area contributed by atoms with Gasteiger partial charge in [0, 0.05) is 16.7 Å². The van der Waals surface area contributed by atoms with Crippen LogP contribution in [0, 0.1) is 0 Å². The monoisotopic (exact) mass is 366 g/mol. The molecule has 0 unspecified atom stereocenters. The summed E-state index contributed by atoms with van der Waals surface area (Å²) in [4.78, 5) is 15.9. The molecule has 0 atom stereocenters. The van der Waals surface area contributed by atoms with Gasteiger partial charge in [-0.15, -0.1) is 0 Å². The molecule has 118 valence electrons. The molecule has 22 heavy (non-hydrogen) atoms. The van der Waals surface area contributed by atoms with Crippen molar-refractivity contribution in [3.05, 3.63) is 40.5 Å². The van der Waals surface area contributed by atoms with E-state index in [0.717, 1.165) is 23.0 Å². The molecular weight excluding hydrogens is 348 g/mol. The number of amides is 1. The van der Waals surface area contributed by atoms with E-state index in [4.69, 9.17) is 4.52 Å². The highest BCUT2D eigenvalue weighted by atomic mass is 79.9. The van der Waals surface area contributed by atoms with Gasteiger partial charge in [-0.2, -0.15) is 4.98 Å². The standard InChI is InChI=1S/C15H19BrN4O2/c1-2-3-7-17-14(21)9-13-19-15(22-20-13)10-18-12-6-4-5-11(16)8-12/h4-6,8,18H,2-3,7,9-10H2,1H3,(H,17,21). The van der Waals surface area contributed by atoms with Crippen LogP contribution in [0.5, 0.6) is 0 Å². The topological polar surface area (TPSA) is 80.0 Å². The minimum atomic E-state index is -0.0826. The minimum Gasteiger partial charge on any atom is -0.376 e. The van der Waals surface area contributed by atoms with Crippen LogP contribution in [-0.4, -0.2) is 22.6 Å². The predicted octanol–water partition coefficient (Wildman–Crippen LogP) is 2.90. The van der Waals surface area contributed by atoms with Gasteiger partial charge in [-0.25, -0.2) is 0 Å². The highest BCUT2D eigenvalue weighted by Gasteiger charge is 2.10. The van der Waals surface area contributed by atoms with Crippen molar-refractivity contribution in [2.75, 3.05) is 11.9 Å². The van der Waals surface area contributed by atoms with E-state index in [1.807, 2.05) is 24.3 Å². The number of hydrogen-bond acceptors (Lipinski definition) is 5. The Balaban J connectivity index is 1.80. The van der Waals surface area contributed by atoms with E-state index in [2.05, 4.69) is 43.6 Å². The Kier molecular flexibility index (Phi) is 6.39. The zero-order valence-corrected chi connectivity index (χ0v) is 14.0. The summed E-state index contributed by atoms with van der Waals surface area (Å²) in [6.45, 7) is 3.18. The number of aromatic nitrogens is 2. The summed E-state index contributed by atoms with van der Waals surface area (Å²) in [7, 11) is 0. The Labute approximate surface area is 137 Å². The molecule has 0 aliphatic heterocycles. The van der Waals surface area contributed by atoms with Crippen molar-refractivity contribution >= 4 is 27.5 Å². The number of anilines is 1. The average molecular weight is 367 g/mol. The molecule has 1 aromatic carbocycles. The minimum absolute atomic E-state index is 0.0826. The number of carbonyl (C=O) groups is 1. The molecule has 0 radical (unpaired) electrons. The van der Waals surface area contributed by atoms with Crippen LogP contribution in [0.1, 0.15) is 31.5 Å². The van der Waals surface area contributed by atoms with Gasteiger partial charge in [-0.05, 0) is 24.6 Å². The molecule has 0 aliphatic rings. The second-order valence-corrected chi connectivity index (χ2v) is 5.76. The summed E-state index contributed by atoms with van der Waals surface area (Å²) in [5.74, 6) is 0.775. The molecule has 0 spiro atoms. The molecule has 0 aliphatic carbocycles. The molecule has 2 N–H and O–H groups in total. The first-order valence-corrected chi connectivity index (χ1v) is 8.04. The normalized spacial score (nSPS) is 10.5. The first-order valence-electron chi connectivity index (χ1n) is 7.25. The van der Waals surface area contributed by atoms with Crippen molar-refractivity contribution in [2.24, 2.45) is 0 Å². The van der Waals surface area contributed by atoms with Crippen LogP contribution < -0.4 is 10.6 Å². The van der Waals surface area contributed by atoms with Crippen molar-refractivity contribution in [3.63, 3.8) is 0 Å². The average Bonchev–Trinajstić information content (AvgIpc) is 2.93. The number of benzene rings is 1. The Hall–Kier alpha value is -1.89. The molecular formula is C15H19BrN4O2. The molecule has 0 fully saturated rings. The number of rotatable bonds is 8. The van der Waals surface area contributed by atoms with Crippen LogP contribution in [-0.2, 0) is 17.8 Å². The summed E-state index contributed by atoms with van der Waals surface area (Å²) in [5.41, 5.74) is 0.950. The fraction of sp³-hybridized carbons (Fsp3) is 0.400. The largest absolute Gasteiger partial charge is 0.376 e. The van der Waals surface area contributed by atoms with Crippen LogP contribution in [0.3, 0.4) is 0 Å². The van der Waals surface area contributed by atoms with Gasteiger partial charge in [0.1, 0.15) is 0 Å². The lowest BCUT2D eigenvalue weighted by Crippen LogP contribution is -2.26. The van der Waals surface area contributed by atoms with E-state index in [1.54, 1.807) is 0 Å².